The Bertz CT molecular complexity index is 759. The van der Waals surface area contributed by atoms with Crippen molar-refractivity contribution in [1.82, 2.24) is 10.2 Å². The van der Waals surface area contributed by atoms with Gasteiger partial charge in [-0.15, -0.1) is 12.4 Å². The molecule has 0 bridgehead atoms. The second kappa shape index (κ2) is 9.25. The molecule has 5 heteroatoms. The monoisotopic (exact) mass is 388 g/mol. The lowest BCUT2D eigenvalue weighted by atomic mass is 9.87. The van der Waals surface area contributed by atoms with Gasteiger partial charge in [0.15, 0.2) is 0 Å². The van der Waals surface area contributed by atoms with Crippen LogP contribution in [0.2, 0.25) is 0 Å². The summed E-state index contributed by atoms with van der Waals surface area (Å²) in [5, 5.41) is 3.25. The van der Waals surface area contributed by atoms with Crippen LogP contribution in [0, 0.1) is 11.8 Å². The lowest BCUT2D eigenvalue weighted by molar-refractivity contribution is -0.138. The normalized spacial score (nSPS) is 15.9. The highest BCUT2D eigenvalue weighted by atomic mass is 35.5. The summed E-state index contributed by atoms with van der Waals surface area (Å²) in [6.07, 6.45) is 0. The second-order valence-electron chi connectivity index (χ2n) is 7.15. The van der Waals surface area contributed by atoms with Gasteiger partial charge in [0.2, 0.25) is 5.91 Å². The van der Waals surface area contributed by atoms with Crippen LogP contribution < -0.4 is 10.1 Å². The molecule has 27 heavy (non-hydrogen) atoms. The molecule has 1 N–H and O–H groups in total. The average Bonchev–Trinajstić information content (AvgIpc) is 2.64. The third-order valence-corrected chi connectivity index (χ3v) is 5.65. The van der Waals surface area contributed by atoms with Crippen LogP contribution >= 0.6 is 12.4 Å². The molecular formula is C22H29ClN2O2. The van der Waals surface area contributed by atoms with E-state index in [0.717, 1.165) is 35.5 Å². The molecule has 1 aliphatic heterocycles. The smallest absolute Gasteiger partial charge is 0.226 e. The molecule has 2 aromatic carbocycles. The van der Waals surface area contributed by atoms with Crippen molar-refractivity contribution in [2.45, 2.75) is 19.9 Å². The van der Waals surface area contributed by atoms with Gasteiger partial charge in [0.1, 0.15) is 5.75 Å². The predicted octanol–water partition coefficient (Wildman–Crippen LogP) is 4.16. The van der Waals surface area contributed by atoms with Gasteiger partial charge in [0, 0.05) is 18.5 Å². The number of nitrogens with one attached hydrogen (secondary N) is 1. The van der Waals surface area contributed by atoms with Crippen LogP contribution in [0.25, 0.3) is 11.1 Å². The third-order valence-electron chi connectivity index (χ3n) is 5.65. The number of methoxy groups -OCH3 is 1. The number of nitrogens with zero attached hydrogens (tertiary/aromatic N) is 1. The van der Waals surface area contributed by atoms with Gasteiger partial charge in [0.25, 0.3) is 0 Å². The van der Waals surface area contributed by atoms with Crippen molar-refractivity contribution in [3.63, 3.8) is 0 Å². The minimum absolute atomic E-state index is 0. The molecule has 3 rings (SSSR count). The number of carbonyl (C=O) groups is 1. The first-order valence-corrected chi connectivity index (χ1v) is 9.23. The molecule has 2 unspecified atom stereocenters. The molecule has 1 heterocycles. The number of hydrogen-bond acceptors (Lipinski definition) is 3. The Morgan fingerprint density at radius 3 is 2.30 bits per heavy atom. The summed E-state index contributed by atoms with van der Waals surface area (Å²) in [7, 11) is 3.60. The Morgan fingerprint density at radius 2 is 1.74 bits per heavy atom. The summed E-state index contributed by atoms with van der Waals surface area (Å²) in [5.41, 5.74) is 3.32. The quantitative estimate of drug-likeness (QED) is 0.807. The van der Waals surface area contributed by atoms with Crippen LogP contribution in [0.5, 0.6) is 5.75 Å². The van der Waals surface area contributed by atoms with Crippen LogP contribution in [0.3, 0.4) is 0 Å². The second-order valence-corrected chi connectivity index (χ2v) is 7.15. The zero-order valence-electron chi connectivity index (χ0n) is 16.4. The van der Waals surface area contributed by atoms with Gasteiger partial charge in [-0.1, -0.05) is 49.4 Å². The van der Waals surface area contributed by atoms with Gasteiger partial charge in [-0.05, 0) is 43.1 Å². The highest BCUT2D eigenvalue weighted by Crippen LogP contribution is 2.31. The van der Waals surface area contributed by atoms with Crippen LogP contribution in [-0.4, -0.2) is 38.1 Å². The number of ether oxygens (including phenoxy) is 1. The van der Waals surface area contributed by atoms with E-state index in [9.17, 15) is 4.79 Å². The molecular weight excluding hydrogens is 360 g/mol. The van der Waals surface area contributed by atoms with Crippen molar-refractivity contribution in [3.05, 3.63) is 54.1 Å². The van der Waals surface area contributed by atoms with E-state index in [1.54, 1.807) is 7.11 Å². The van der Waals surface area contributed by atoms with Crippen LogP contribution in [0.1, 0.15) is 25.5 Å². The van der Waals surface area contributed by atoms with E-state index in [4.69, 9.17) is 4.74 Å². The molecule has 2 aromatic rings. The molecule has 0 spiro atoms. The highest BCUT2D eigenvalue weighted by molar-refractivity contribution is 5.85. The summed E-state index contributed by atoms with van der Waals surface area (Å²) in [6.45, 7) is 6.02. The number of benzene rings is 2. The Balaban J connectivity index is 0.00000261. The summed E-state index contributed by atoms with van der Waals surface area (Å²) in [5.74, 6) is 1.61. The number of hydrogen-bond donors (Lipinski definition) is 1. The third kappa shape index (κ3) is 4.45. The van der Waals surface area contributed by atoms with Gasteiger partial charge in [-0.2, -0.15) is 0 Å². The molecule has 1 saturated heterocycles. The Hall–Kier alpha value is -2.04. The molecule has 146 valence electrons. The minimum atomic E-state index is 0. The van der Waals surface area contributed by atoms with Crippen LogP contribution in [0.4, 0.5) is 0 Å². The molecule has 1 fully saturated rings. The zero-order chi connectivity index (χ0) is 18.7. The number of carbonyl (C=O) groups excluding carboxylic acids is 1. The fourth-order valence-electron chi connectivity index (χ4n) is 3.43. The highest BCUT2D eigenvalue weighted by Gasteiger charge is 2.32. The first-order valence-electron chi connectivity index (χ1n) is 9.23. The van der Waals surface area contributed by atoms with Crippen molar-refractivity contribution < 1.29 is 9.53 Å². The fourth-order valence-corrected chi connectivity index (χ4v) is 3.43. The van der Waals surface area contributed by atoms with E-state index in [2.05, 4.69) is 42.6 Å². The zero-order valence-corrected chi connectivity index (χ0v) is 17.3. The molecule has 4 nitrogen and oxygen atoms in total. The van der Waals surface area contributed by atoms with Crippen LogP contribution in [0.15, 0.2) is 48.5 Å². The standard InChI is InChI=1S/C22H28N2O2.ClH/c1-15(19-13-23-14-19)22(25)24(3)16(2)17-9-11-18(12-10-17)20-7-5-6-8-21(20)26-4;/h5-12,15-16,19,23H,13-14H2,1-4H3;1H. The summed E-state index contributed by atoms with van der Waals surface area (Å²) in [4.78, 5) is 14.6. The van der Waals surface area contributed by atoms with E-state index in [0.29, 0.717) is 5.92 Å². The van der Waals surface area contributed by atoms with Crippen molar-refractivity contribution >= 4 is 18.3 Å². The number of rotatable bonds is 6. The van der Waals surface area contributed by atoms with Gasteiger partial charge in [0.05, 0.1) is 13.2 Å². The van der Waals surface area contributed by atoms with Crippen molar-refractivity contribution in [2.24, 2.45) is 11.8 Å². The van der Waals surface area contributed by atoms with E-state index in [-0.39, 0.29) is 30.3 Å². The molecule has 0 radical (unpaired) electrons. The molecule has 0 aromatic heterocycles. The Labute approximate surface area is 168 Å². The number of halogens is 1. The SMILES string of the molecule is COc1ccccc1-c1ccc(C(C)N(C)C(=O)C(C)C2CNC2)cc1.Cl. The summed E-state index contributed by atoms with van der Waals surface area (Å²) in [6, 6.07) is 16.5. The van der Waals surface area contributed by atoms with Crippen LogP contribution in [-0.2, 0) is 4.79 Å². The van der Waals surface area contributed by atoms with Crippen molar-refractivity contribution in [2.75, 3.05) is 27.2 Å². The fraction of sp³-hybridized carbons (Fsp3) is 0.409. The maximum atomic E-state index is 12.7. The Morgan fingerprint density at radius 1 is 1.11 bits per heavy atom. The van der Waals surface area contributed by atoms with Gasteiger partial charge in [-0.3, -0.25) is 4.79 Å². The molecule has 1 amide bonds. The molecule has 0 saturated carbocycles. The lowest BCUT2D eigenvalue weighted by Crippen LogP contribution is -2.50. The number of amides is 1. The van der Waals surface area contributed by atoms with E-state index >= 15 is 0 Å². The average molecular weight is 389 g/mol. The van der Waals surface area contributed by atoms with Gasteiger partial charge in [-0.25, -0.2) is 0 Å². The molecule has 2 atom stereocenters. The maximum absolute atomic E-state index is 12.7. The van der Waals surface area contributed by atoms with E-state index in [1.165, 1.54) is 0 Å². The first-order chi connectivity index (χ1) is 12.5. The lowest BCUT2D eigenvalue weighted by Gasteiger charge is -2.36. The summed E-state index contributed by atoms with van der Waals surface area (Å²) < 4.78 is 5.45. The minimum Gasteiger partial charge on any atom is -0.496 e. The van der Waals surface area contributed by atoms with Crippen molar-refractivity contribution in [3.8, 4) is 16.9 Å². The largest absolute Gasteiger partial charge is 0.496 e. The Kier molecular flexibility index (Phi) is 7.28. The topological polar surface area (TPSA) is 41.6 Å². The van der Waals surface area contributed by atoms with E-state index in [1.807, 2.05) is 37.1 Å². The van der Waals surface area contributed by atoms with E-state index < -0.39 is 0 Å². The first kappa shape index (κ1) is 21.3. The summed E-state index contributed by atoms with van der Waals surface area (Å²) >= 11 is 0. The predicted molar refractivity (Wildman–Crippen MR) is 112 cm³/mol. The molecule has 1 aliphatic rings. The van der Waals surface area contributed by atoms with Gasteiger partial charge >= 0.3 is 0 Å². The van der Waals surface area contributed by atoms with Gasteiger partial charge < -0.3 is 15.0 Å². The maximum Gasteiger partial charge on any atom is 0.226 e. The molecule has 0 aliphatic carbocycles. The number of para-hydroxylation sites is 1. The van der Waals surface area contributed by atoms with Crippen molar-refractivity contribution in [1.29, 1.82) is 0 Å².